The lowest BCUT2D eigenvalue weighted by atomic mass is 10.7. The second-order valence-corrected chi connectivity index (χ2v) is 1.33. The van der Waals surface area contributed by atoms with Gasteiger partial charge in [0.2, 0.25) is 5.90 Å². The molecule has 0 rings (SSSR count). The van der Waals surface area contributed by atoms with Gasteiger partial charge in [-0.1, -0.05) is 0 Å². The number of halogens is 1. The minimum Gasteiger partial charge on any atom is -0.480 e. The van der Waals surface area contributed by atoms with Gasteiger partial charge in [0.05, 0.1) is 18.5 Å². The molecule has 0 atom stereocenters. The van der Waals surface area contributed by atoms with Crippen molar-refractivity contribution < 1.29 is 9.03 Å². The zero-order chi connectivity index (χ0) is 6.41. The summed E-state index contributed by atoms with van der Waals surface area (Å²) in [6.07, 6.45) is 0. The summed E-state index contributed by atoms with van der Waals surface area (Å²) in [7, 11) is 0. The average molecular weight is 138 g/mol. The van der Waals surface area contributed by atoms with Crippen LogP contribution in [0.5, 0.6) is 0 Å². The fourth-order valence-corrected chi connectivity index (χ4v) is 0.365. The predicted octanol–water partition coefficient (Wildman–Crippen LogP) is 1.17. The van der Waals surface area contributed by atoms with Crippen LogP contribution in [-0.2, 0) is 9.03 Å². The molecule has 0 aliphatic carbocycles. The van der Waals surface area contributed by atoms with Crippen LogP contribution in [0.2, 0.25) is 0 Å². The normalized spacial score (nSPS) is 8.75. The Labute approximate surface area is 53.2 Å². The maximum Gasteiger partial charge on any atom is 0.209 e. The largest absolute Gasteiger partial charge is 0.480 e. The Morgan fingerprint density at radius 1 is 1.75 bits per heavy atom. The van der Waals surface area contributed by atoms with Gasteiger partial charge in [0.1, 0.15) is 6.61 Å². The maximum atomic E-state index is 6.86. The number of ether oxygens (including phenoxy) is 1. The van der Waals surface area contributed by atoms with Crippen LogP contribution in [0.1, 0.15) is 6.92 Å². The SMILES string of the molecule is CCOC(=N)COCl. The minimum atomic E-state index is 0.0371. The van der Waals surface area contributed by atoms with E-state index in [0.29, 0.717) is 6.61 Å². The molecule has 0 aromatic rings. The maximum absolute atomic E-state index is 6.86. The molecule has 48 valence electrons. The van der Waals surface area contributed by atoms with Gasteiger partial charge >= 0.3 is 0 Å². The molecule has 3 nitrogen and oxygen atoms in total. The molecule has 0 aromatic heterocycles. The number of nitrogens with one attached hydrogen (secondary N) is 1. The molecule has 1 N–H and O–H groups in total. The van der Waals surface area contributed by atoms with Crippen molar-refractivity contribution in [3.8, 4) is 0 Å². The van der Waals surface area contributed by atoms with E-state index >= 15 is 0 Å². The first kappa shape index (κ1) is 7.72. The molecule has 0 heterocycles. The lowest BCUT2D eigenvalue weighted by Crippen LogP contribution is -2.07. The van der Waals surface area contributed by atoms with Gasteiger partial charge in [-0.3, -0.25) is 9.70 Å². The van der Waals surface area contributed by atoms with E-state index in [4.69, 9.17) is 17.3 Å². The van der Waals surface area contributed by atoms with Crippen molar-refractivity contribution in [3.05, 3.63) is 0 Å². The summed E-state index contributed by atoms with van der Waals surface area (Å²) in [4.78, 5) is 0. The highest BCUT2D eigenvalue weighted by molar-refractivity contribution is 6.08. The molecule has 4 heteroatoms. The lowest BCUT2D eigenvalue weighted by molar-refractivity contribution is 0.282. The third-order valence-electron chi connectivity index (χ3n) is 0.504. The molecule has 0 unspecified atom stereocenters. The van der Waals surface area contributed by atoms with Gasteiger partial charge in [-0.15, -0.1) is 0 Å². The molecule has 0 bridgehead atoms. The molecule has 0 spiro atoms. The molecular weight excluding hydrogens is 130 g/mol. The van der Waals surface area contributed by atoms with Gasteiger partial charge in [0.15, 0.2) is 0 Å². The zero-order valence-corrected chi connectivity index (χ0v) is 5.36. The smallest absolute Gasteiger partial charge is 0.209 e. The summed E-state index contributed by atoms with van der Waals surface area (Å²) in [5.74, 6) is 0.0579. The number of hydrogen-bond acceptors (Lipinski definition) is 3. The second-order valence-electron chi connectivity index (χ2n) is 1.11. The van der Waals surface area contributed by atoms with Crippen LogP contribution in [0, 0.1) is 5.41 Å². The summed E-state index contributed by atoms with van der Waals surface area (Å²) < 4.78 is 8.73. The molecule has 0 amide bonds. The van der Waals surface area contributed by atoms with Crippen LogP contribution in [0.3, 0.4) is 0 Å². The van der Waals surface area contributed by atoms with Gasteiger partial charge < -0.3 is 4.74 Å². The molecule has 0 radical (unpaired) electrons. The number of hydrogen-bond donors (Lipinski definition) is 1. The first-order valence-electron chi connectivity index (χ1n) is 2.25. The average Bonchev–Trinajstić information content (AvgIpc) is 1.68. The molecule has 8 heavy (non-hydrogen) atoms. The van der Waals surface area contributed by atoms with E-state index in [1.165, 1.54) is 0 Å². The van der Waals surface area contributed by atoms with Crippen LogP contribution >= 0.6 is 11.9 Å². The second kappa shape index (κ2) is 4.87. The molecule has 0 aliphatic heterocycles. The Balaban J connectivity index is 3.06. The monoisotopic (exact) mass is 137 g/mol. The van der Waals surface area contributed by atoms with E-state index in [1.807, 2.05) is 0 Å². The van der Waals surface area contributed by atoms with Crippen molar-refractivity contribution in [1.82, 2.24) is 0 Å². The Hall–Kier alpha value is -0.280. The van der Waals surface area contributed by atoms with Crippen molar-refractivity contribution in [3.63, 3.8) is 0 Å². The summed E-state index contributed by atoms with van der Waals surface area (Å²) in [5.41, 5.74) is 0. The van der Waals surface area contributed by atoms with Gasteiger partial charge in [0.25, 0.3) is 0 Å². The van der Waals surface area contributed by atoms with Crippen molar-refractivity contribution in [2.45, 2.75) is 6.92 Å². The Morgan fingerprint density at radius 3 is 2.75 bits per heavy atom. The molecule has 0 saturated heterocycles. The molecular formula is C4H8ClNO2. The highest BCUT2D eigenvalue weighted by Gasteiger charge is 1.92. The quantitative estimate of drug-likeness (QED) is 0.469. The van der Waals surface area contributed by atoms with Crippen LogP contribution < -0.4 is 0 Å². The van der Waals surface area contributed by atoms with Crippen LogP contribution in [0.15, 0.2) is 0 Å². The first-order chi connectivity index (χ1) is 3.81. The molecule has 0 aliphatic rings. The topological polar surface area (TPSA) is 42.3 Å². The predicted molar refractivity (Wildman–Crippen MR) is 31.2 cm³/mol. The van der Waals surface area contributed by atoms with Gasteiger partial charge in [-0.05, 0) is 6.92 Å². The van der Waals surface area contributed by atoms with Crippen LogP contribution in [0.4, 0.5) is 0 Å². The lowest BCUT2D eigenvalue weighted by Gasteiger charge is -1.99. The van der Waals surface area contributed by atoms with E-state index < -0.39 is 0 Å². The van der Waals surface area contributed by atoms with Gasteiger partial charge in [0, 0.05) is 0 Å². The van der Waals surface area contributed by atoms with Crippen LogP contribution in [-0.4, -0.2) is 19.1 Å². The molecule has 0 aromatic carbocycles. The summed E-state index contributed by atoms with van der Waals surface area (Å²) in [5, 5.41) is 6.86. The Kier molecular flexibility index (Phi) is 4.70. The van der Waals surface area contributed by atoms with Crippen molar-refractivity contribution in [1.29, 1.82) is 5.41 Å². The van der Waals surface area contributed by atoms with Crippen molar-refractivity contribution in [2.24, 2.45) is 0 Å². The Morgan fingerprint density at radius 2 is 2.38 bits per heavy atom. The third-order valence-corrected chi connectivity index (χ3v) is 0.613. The van der Waals surface area contributed by atoms with E-state index in [-0.39, 0.29) is 12.5 Å². The fraction of sp³-hybridized carbons (Fsp3) is 0.750. The number of rotatable bonds is 3. The minimum absolute atomic E-state index is 0.0371. The summed E-state index contributed by atoms with van der Waals surface area (Å²) in [6, 6.07) is 0. The first-order valence-corrected chi connectivity index (χ1v) is 2.56. The van der Waals surface area contributed by atoms with Gasteiger partial charge in [-0.2, -0.15) is 0 Å². The van der Waals surface area contributed by atoms with Gasteiger partial charge in [-0.25, -0.2) is 0 Å². The van der Waals surface area contributed by atoms with E-state index in [2.05, 4.69) is 9.03 Å². The van der Waals surface area contributed by atoms with Crippen LogP contribution in [0.25, 0.3) is 0 Å². The van der Waals surface area contributed by atoms with E-state index in [1.54, 1.807) is 6.92 Å². The van der Waals surface area contributed by atoms with Crippen molar-refractivity contribution in [2.75, 3.05) is 13.2 Å². The van der Waals surface area contributed by atoms with Crippen molar-refractivity contribution >= 4 is 17.8 Å². The highest BCUT2D eigenvalue weighted by atomic mass is 35.5. The highest BCUT2D eigenvalue weighted by Crippen LogP contribution is 1.83. The Bertz CT molecular complexity index is 68.4. The van der Waals surface area contributed by atoms with E-state index in [0.717, 1.165) is 0 Å². The summed E-state index contributed by atoms with van der Waals surface area (Å²) >= 11 is 4.81. The fourth-order valence-electron chi connectivity index (χ4n) is 0.265. The zero-order valence-electron chi connectivity index (χ0n) is 4.61. The van der Waals surface area contributed by atoms with E-state index in [9.17, 15) is 0 Å². The molecule has 0 saturated carbocycles. The third kappa shape index (κ3) is 3.89. The summed E-state index contributed by atoms with van der Waals surface area (Å²) in [6.45, 7) is 2.32. The molecule has 0 fully saturated rings. The standard InChI is InChI=1S/C4H8ClNO2/c1-2-7-4(6)3-8-5/h6H,2-3H2,1H3.